The van der Waals surface area contributed by atoms with E-state index in [1.54, 1.807) is 6.20 Å². The summed E-state index contributed by atoms with van der Waals surface area (Å²) in [6.45, 7) is 5.04. The molecule has 1 atom stereocenters. The molecule has 4 rings (SSSR count). The predicted octanol–water partition coefficient (Wildman–Crippen LogP) is 4.55. The number of carbonyl (C=O) groups is 2. The third-order valence-corrected chi connectivity index (χ3v) is 7.08. The molecule has 176 valence electrons. The van der Waals surface area contributed by atoms with Gasteiger partial charge in [-0.1, -0.05) is 18.2 Å². The minimum absolute atomic E-state index is 0.106. The number of rotatable bonds is 10. The number of pyridine rings is 1. The normalized spacial score (nSPS) is 19.0. The third-order valence-electron chi connectivity index (χ3n) is 7.08. The zero-order valence-corrected chi connectivity index (χ0v) is 19.8. The van der Waals surface area contributed by atoms with E-state index in [4.69, 9.17) is 0 Å². The zero-order chi connectivity index (χ0) is 22.9. The number of ketones is 1. The topological polar surface area (TPSA) is 53.5 Å². The second-order valence-electron chi connectivity index (χ2n) is 9.71. The van der Waals surface area contributed by atoms with Gasteiger partial charge in [-0.15, -0.1) is 0 Å². The standard InChI is InChI=1S/C28H37N3O2/c32-27(9-3-6-24-7-4-15-29-21-24)20-25-8-5-18-31(22-25)28(33)26-12-10-23(11-13-26)14-19-30-16-1-2-17-30/h4,7,10-13,15,21,25H,1-3,5-6,8-9,14,16-20,22H2. The van der Waals surface area contributed by atoms with Crippen LogP contribution in [0.25, 0.3) is 0 Å². The minimum atomic E-state index is 0.106. The average Bonchev–Trinajstić information content (AvgIpc) is 3.37. The van der Waals surface area contributed by atoms with Crippen molar-refractivity contribution in [3.63, 3.8) is 0 Å². The van der Waals surface area contributed by atoms with E-state index < -0.39 is 0 Å². The molecule has 3 heterocycles. The molecule has 0 bridgehead atoms. The zero-order valence-electron chi connectivity index (χ0n) is 19.8. The van der Waals surface area contributed by atoms with Gasteiger partial charge in [0.1, 0.15) is 5.78 Å². The Labute approximate surface area is 198 Å². The minimum Gasteiger partial charge on any atom is -0.338 e. The molecule has 2 saturated heterocycles. The summed E-state index contributed by atoms with van der Waals surface area (Å²) in [6, 6.07) is 12.2. The molecule has 2 aliphatic rings. The Hall–Kier alpha value is -2.53. The van der Waals surface area contributed by atoms with Gasteiger partial charge < -0.3 is 9.80 Å². The number of hydrogen-bond acceptors (Lipinski definition) is 4. The Balaban J connectivity index is 1.21. The second-order valence-corrected chi connectivity index (χ2v) is 9.71. The molecule has 2 aliphatic heterocycles. The van der Waals surface area contributed by atoms with E-state index in [1.165, 1.54) is 37.1 Å². The van der Waals surface area contributed by atoms with E-state index >= 15 is 0 Å². The van der Waals surface area contributed by atoms with E-state index in [-0.39, 0.29) is 11.8 Å². The molecule has 1 aromatic carbocycles. The number of piperidine rings is 1. The van der Waals surface area contributed by atoms with Crippen LogP contribution in [-0.2, 0) is 17.6 Å². The van der Waals surface area contributed by atoms with Crippen LogP contribution in [0.3, 0.4) is 0 Å². The first-order valence-corrected chi connectivity index (χ1v) is 12.7. The molecule has 2 fully saturated rings. The van der Waals surface area contributed by atoms with Crippen LogP contribution in [0.15, 0.2) is 48.8 Å². The van der Waals surface area contributed by atoms with Gasteiger partial charge in [-0.3, -0.25) is 14.6 Å². The van der Waals surface area contributed by atoms with Crippen molar-refractivity contribution >= 4 is 11.7 Å². The number of Topliss-reactive ketones (excluding diaryl/α,β-unsaturated/α-hetero) is 1. The summed E-state index contributed by atoms with van der Waals surface area (Å²) in [7, 11) is 0. The Bertz CT molecular complexity index is 891. The molecule has 33 heavy (non-hydrogen) atoms. The van der Waals surface area contributed by atoms with E-state index in [0.29, 0.717) is 25.2 Å². The summed E-state index contributed by atoms with van der Waals surface area (Å²) in [6.07, 6.45) is 12.3. The fraction of sp³-hybridized carbons (Fsp3) is 0.536. The van der Waals surface area contributed by atoms with Crippen LogP contribution in [-0.4, -0.2) is 59.2 Å². The fourth-order valence-electron chi connectivity index (χ4n) is 5.17. The van der Waals surface area contributed by atoms with E-state index in [9.17, 15) is 9.59 Å². The third kappa shape index (κ3) is 7.23. The highest BCUT2D eigenvalue weighted by atomic mass is 16.2. The predicted molar refractivity (Wildman–Crippen MR) is 131 cm³/mol. The molecule has 1 unspecified atom stereocenters. The number of aromatic nitrogens is 1. The molecule has 5 heteroatoms. The summed E-state index contributed by atoms with van der Waals surface area (Å²) < 4.78 is 0. The summed E-state index contributed by atoms with van der Waals surface area (Å²) in [5.74, 6) is 0.712. The number of hydrogen-bond donors (Lipinski definition) is 0. The SMILES string of the molecule is O=C(CCCc1cccnc1)CC1CCCN(C(=O)c2ccc(CCN3CCCC3)cc2)C1. The Morgan fingerprint density at radius 1 is 0.939 bits per heavy atom. The summed E-state index contributed by atoms with van der Waals surface area (Å²) >= 11 is 0. The monoisotopic (exact) mass is 447 g/mol. The van der Waals surface area contributed by atoms with Crippen molar-refractivity contribution in [1.29, 1.82) is 0 Å². The van der Waals surface area contributed by atoms with Crippen molar-refractivity contribution in [1.82, 2.24) is 14.8 Å². The second kappa shape index (κ2) is 12.1. The van der Waals surface area contributed by atoms with Gasteiger partial charge in [0.2, 0.25) is 0 Å². The van der Waals surface area contributed by atoms with Gasteiger partial charge in [-0.25, -0.2) is 0 Å². The van der Waals surface area contributed by atoms with Crippen molar-refractivity contribution in [2.24, 2.45) is 5.92 Å². The molecule has 2 aromatic rings. The van der Waals surface area contributed by atoms with Crippen molar-refractivity contribution in [2.45, 2.75) is 57.8 Å². The van der Waals surface area contributed by atoms with Gasteiger partial charge in [0, 0.05) is 50.4 Å². The highest BCUT2D eigenvalue weighted by Crippen LogP contribution is 2.23. The number of carbonyl (C=O) groups excluding carboxylic acids is 2. The van der Waals surface area contributed by atoms with Gasteiger partial charge >= 0.3 is 0 Å². The van der Waals surface area contributed by atoms with Crippen molar-refractivity contribution < 1.29 is 9.59 Å². The number of benzene rings is 1. The van der Waals surface area contributed by atoms with Crippen LogP contribution >= 0.6 is 0 Å². The largest absolute Gasteiger partial charge is 0.338 e. The quantitative estimate of drug-likeness (QED) is 0.536. The van der Waals surface area contributed by atoms with Crippen LogP contribution in [0, 0.1) is 5.92 Å². The highest BCUT2D eigenvalue weighted by Gasteiger charge is 2.26. The van der Waals surface area contributed by atoms with Crippen LogP contribution in [0.1, 0.15) is 66.4 Å². The van der Waals surface area contributed by atoms with E-state index in [0.717, 1.165) is 50.8 Å². The number of nitrogens with zero attached hydrogens (tertiary/aromatic N) is 3. The van der Waals surface area contributed by atoms with Gasteiger partial charge in [0.05, 0.1) is 0 Å². The smallest absolute Gasteiger partial charge is 0.253 e. The Morgan fingerprint density at radius 3 is 2.52 bits per heavy atom. The van der Waals surface area contributed by atoms with Crippen LogP contribution in [0.4, 0.5) is 0 Å². The first-order valence-electron chi connectivity index (χ1n) is 12.7. The van der Waals surface area contributed by atoms with Crippen LogP contribution < -0.4 is 0 Å². The molecule has 0 saturated carbocycles. The average molecular weight is 448 g/mol. The molecule has 1 amide bonds. The van der Waals surface area contributed by atoms with E-state index in [1.807, 2.05) is 29.3 Å². The first kappa shape index (κ1) is 23.6. The maximum absolute atomic E-state index is 13.1. The number of aryl methyl sites for hydroxylation is 1. The number of amides is 1. The summed E-state index contributed by atoms with van der Waals surface area (Å²) in [5.41, 5.74) is 3.25. The molecule has 0 N–H and O–H groups in total. The molecular weight excluding hydrogens is 410 g/mol. The molecule has 0 spiro atoms. The molecule has 1 aromatic heterocycles. The Morgan fingerprint density at radius 2 is 1.76 bits per heavy atom. The lowest BCUT2D eigenvalue weighted by Gasteiger charge is -2.32. The lowest BCUT2D eigenvalue weighted by molar-refractivity contribution is -0.120. The van der Waals surface area contributed by atoms with Crippen LogP contribution in [0.5, 0.6) is 0 Å². The molecule has 0 radical (unpaired) electrons. The summed E-state index contributed by atoms with van der Waals surface area (Å²) in [5, 5.41) is 0. The maximum atomic E-state index is 13.1. The van der Waals surface area contributed by atoms with E-state index in [2.05, 4.69) is 28.1 Å². The molecule has 0 aliphatic carbocycles. The van der Waals surface area contributed by atoms with Gasteiger partial charge in [-0.2, -0.15) is 0 Å². The molecule has 5 nitrogen and oxygen atoms in total. The van der Waals surface area contributed by atoms with Crippen molar-refractivity contribution in [3.8, 4) is 0 Å². The lowest BCUT2D eigenvalue weighted by atomic mass is 9.91. The van der Waals surface area contributed by atoms with Crippen molar-refractivity contribution in [2.75, 3.05) is 32.7 Å². The number of likely N-dealkylation sites (tertiary alicyclic amines) is 2. The van der Waals surface area contributed by atoms with Gasteiger partial charge in [0.15, 0.2) is 0 Å². The van der Waals surface area contributed by atoms with Crippen LogP contribution in [0.2, 0.25) is 0 Å². The fourth-order valence-corrected chi connectivity index (χ4v) is 5.17. The van der Waals surface area contributed by atoms with Gasteiger partial charge in [0.25, 0.3) is 5.91 Å². The highest BCUT2D eigenvalue weighted by molar-refractivity contribution is 5.94. The maximum Gasteiger partial charge on any atom is 0.253 e. The van der Waals surface area contributed by atoms with Crippen molar-refractivity contribution in [3.05, 3.63) is 65.5 Å². The first-order chi connectivity index (χ1) is 16.2. The molecular formula is C28H37N3O2. The van der Waals surface area contributed by atoms with Gasteiger partial charge in [-0.05, 0) is 93.3 Å². The summed E-state index contributed by atoms with van der Waals surface area (Å²) in [4.78, 5) is 34.2. The Kier molecular flexibility index (Phi) is 8.65. The lowest BCUT2D eigenvalue weighted by Crippen LogP contribution is -2.40.